The van der Waals surface area contributed by atoms with E-state index in [2.05, 4.69) is 32.7 Å². The Hall–Kier alpha value is -0.790. The van der Waals surface area contributed by atoms with Crippen molar-refractivity contribution >= 4 is 5.91 Å². The Labute approximate surface area is 85.8 Å². The lowest BCUT2D eigenvalue weighted by atomic mass is 9.57. The van der Waals surface area contributed by atoms with Gasteiger partial charge in [-0.05, 0) is 24.2 Å². The molecule has 1 heterocycles. The minimum atomic E-state index is 0.0810. The first-order valence-electron chi connectivity index (χ1n) is 5.46. The molecule has 2 unspecified atom stereocenters. The van der Waals surface area contributed by atoms with Gasteiger partial charge in [0.2, 0.25) is 5.91 Å². The summed E-state index contributed by atoms with van der Waals surface area (Å²) in [6, 6.07) is 0. The van der Waals surface area contributed by atoms with Crippen LogP contribution < -0.4 is 5.32 Å². The topological polar surface area (TPSA) is 29.1 Å². The van der Waals surface area contributed by atoms with Gasteiger partial charge in [0.25, 0.3) is 0 Å². The number of carbonyl (C=O) groups is 1. The van der Waals surface area contributed by atoms with Gasteiger partial charge in [0.1, 0.15) is 0 Å². The standard InChI is InChI=1S/C12H19NO/c1-7-5-8(2)12(6-11(14)13-12)10(4)9(7)3/h8-10H,1,5-6H2,2-4H3,(H,13,14)/t8?,9-,10-,12?/m1/s1. The molecule has 4 atom stereocenters. The Morgan fingerprint density at radius 3 is 2.50 bits per heavy atom. The van der Waals surface area contributed by atoms with E-state index in [0.29, 0.717) is 24.2 Å². The van der Waals surface area contributed by atoms with Crippen molar-refractivity contribution in [1.82, 2.24) is 5.32 Å². The SMILES string of the molecule is C=C1CC(C)C2(CC(=O)N2)[C@H](C)[C@@H]1C. The zero-order valence-electron chi connectivity index (χ0n) is 9.26. The highest BCUT2D eigenvalue weighted by Gasteiger charge is 2.54. The minimum absolute atomic E-state index is 0.0810. The Bertz CT molecular complexity index is 287. The average molecular weight is 193 g/mol. The summed E-state index contributed by atoms with van der Waals surface area (Å²) in [7, 11) is 0. The second-order valence-corrected chi connectivity index (χ2v) is 5.11. The summed E-state index contributed by atoms with van der Waals surface area (Å²) in [6.45, 7) is 10.8. The van der Waals surface area contributed by atoms with Crippen LogP contribution in [-0.2, 0) is 4.79 Å². The van der Waals surface area contributed by atoms with Crippen molar-refractivity contribution in [2.45, 2.75) is 39.2 Å². The third-order valence-corrected chi connectivity index (χ3v) is 4.48. The molecule has 0 radical (unpaired) electrons. The van der Waals surface area contributed by atoms with Gasteiger partial charge in [-0.15, -0.1) is 0 Å². The summed E-state index contributed by atoms with van der Waals surface area (Å²) in [4.78, 5) is 11.1. The molecule has 78 valence electrons. The number of amides is 1. The van der Waals surface area contributed by atoms with E-state index in [-0.39, 0.29) is 11.4 Å². The first kappa shape index (κ1) is 9.75. The van der Waals surface area contributed by atoms with Crippen LogP contribution in [0.15, 0.2) is 12.2 Å². The summed E-state index contributed by atoms with van der Waals surface area (Å²) in [5.41, 5.74) is 1.43. The highest BCUT2D eigenvalue weighted by atomic mass is 16.2. The smallest absolute Gasteiger partial charge is 0.222 e. The Balaban J connectivity index is 2.24. The average Bonchev–Trinajstić information content (AvgIpc) is 2.07. The second kappa shape index (κ2) is 2.85. The van der Waals surface area contributed by atoms with E-state index in [0.717, 1.165) is 6.42 Å². The Kier molecular flexibility index (Phi) is 1.98. The molecule has 1 aliphatic carbocycles. The number of hydrogen-bond donors (Lipinski definition) is 1. The third kappa shape index (κ3) is 1.06. The van der Waals surface area contributed by atoms with Crippen molar-refractivity contribution in [3.8, 4) is 0 Å². The predicted octanol–water partition coefficient (Wildman–Crippen LogP) is 2.11. The van der Waals surface area contributed by atoms with Gasteiger partial charge < -0.3 is 5.32 Å². The molecule has 2 nitrogen and oxygen atoms in total. The molecule has 0 aromatic heterocycles. The lowest BCUT2D eigenvalue weighted by molar-refractivity contribution is -0.140. The molecule has 0 aromatic carbocycles. The largest absolute Gasteiger partial charge is 0.349 e. The van der Waals surface area contributed by atoms with Gasteiger partial charge >= 0.3 is 0 Å². The Morgan fingerprint density at radius 1 is 1.43 bits per heavy atom. The number of β-lactam (4-membered cyclic amide) rings is 1. The van der Waals surface area contributed by atoms with Crippen LogP contribution in [0, 0.1) is 17.8 Å². The fraction of sp³-hybridized carbons (Fsp3) is 0.750. The zero-order chi connectivity index (χ0) is 10.5. The molecule has 1 spiro atoms. The number of nitrogens with one attached hydrogen (secondary N) is 1. The number of allylic oxidation sites excluding steroid dienone is 1. The van der Waals surface area contributed by atoms with E-state index in [1.165, 1.54) is 5.57 Å². The first-order valence-corrected chi connectivity index (χ1v) is 5.46. The van der Waals surface area contributed by atoms with E-state index >= 15 is 0 Å². The van der Waals surface area contributed by atoms with E-state index in [9.17, 15) is 4.79 Å². The highest BCUT2D eigenvalue weighted by molar-refractivity contribution is 5.85. The van der Waals surface area contributed by atoms with Crippen LogP contribution in [0.1, 0.15) is 33.6 Å². The molecule has 0 aromatic rings. The van der Waals surface area contributed by atoms with Crippen molar-refractivity contribution in [1.29, 1.82) is 0 Å². The fourth-order valence-electron chi connectivity index (χ4n) is 3.09. The molecule has 2 fully saturated rings. The van der Waals surface area contributed by atoms with Gasteiger partial charge in [0.15, 0.2) is 0 Å². The molecular formula is C12H19NO. The van der Waals surface area contributed by atoms with Crippen molar-refractivity contribution in [2.24, 2.45) is 17.8 Å². The number of rotatable bonds is 0. The maximum Gasteiger partial charge on any atom is 0.222 e. The predicted molar refractivity (Wildman–Crippen MR) is 56.7 cm³/mol. The molecule has 0 bridgehead atoms. The maximum atomic E-state index is 11.1. The quantitative estimate of drug-likeness (QED) is 0.463. The van der Waals surface area contributed by atoms with Crippen LogP contribution in [0.5, 0.6) is 0 Å². The molecule has 2 rings (SSSR count). The van der Waals surface area contributed by atoms with Crippen LogP contribution in [0.3, 0.4) is 0 Å². The van der Waals surface area contributed by atoms with Crippen LogP contribution in [0.2, 0.25) is 0 Å². The monoisotopic (exact) mass is 193 g/mol. The summed E-state index contributed by atoms with van der Waals surface area (Å²) in [5, 5.41) is 3.13. The van der Waals surface area contributed by atoms with Crippen LogP contribution in [-0.4, -0.2) is 11.4 Å². The normalized spacial score (nSPS) is 47.5. The minimum Gasteiger partial charge on any atom is -0.349 e. The second-order valence-electron chi connectivity index (χ2n) is 5.11. The first-order chi connectivity index (χ1) is 6.47. The summed E-state index contributed by atoms with van der Waals surface area (Å²) in [5.74, 6) is 1.81. The van der Waals surface area contributed by atoms with Gasteiger partial charge in [0.05, 0.1) is 12.0 Å². The molecule has 1 saturated carbocycles. The van der Waals surface area contributed by atoms with Crippen molar-refractivity contribution < 1.29 is 4.79 Å². The lowest BCUT2D eigenvalue weighted by Gasteiger charge is -2.56. The van der Waals surface area contributed by atoms with E-state index in [1.54, 1.807) is 0 Å². The van der Waals surface area contributed by atoms with Crippen molar-refractivity contribution in [3.63, 3.8) is 0 Å². The third-order valence-electron chi connectivity index (χ3n) is 4.48. The van der Waals surface area contributed by atoms with Gasteiger partial charge in [-0.25, -0.2) is 0 Å². The summed E-state index contributed by atoms with van der Waals surface area (Å²) < 4.78 is 0. The molecule has 2 heteroatoms. The summed E-state index contributed by atoms with van der Waals surface area (Å²) >= 11 is 0. The van der Waals surface area contributed by atoms with Crippen molar-refractivity contribution in [3.05, 3.63) is 12.2 Å². The van der Waals surface area contributed by atoms with Gasteiger partial charge in [-0.1, -0.05) is 32.9 Å². The Morgan fingerprint density at radius 2 is 2.00 bits per heavy atom. The van der Waals surface area contributed by atoms with E-state index in [1.807, 2.05) is 0 Å². The highest BCUT2D eigenvalue weighted by Crippen LogP contribution is 2.48. The lowest BCUT2D eigenvalue weighted by Crippen LogP contribution is -2.70. The summed E-state index contributed by atoms with van der Waals surface area (Å²) in [6.07, 6.45) is 1.78. The number of carbonyl (C=O) groups excluding carboxylic acids is 1. The van der Waals surface area contributed by atoms with Crippen LogP contribution >= 0.6 is 0 Å². The maximum absolute atomic E-state index is 11.1. The molecule has 14 heavy (non-hydrogen) atoms. The van der Waals surface area contributed by atoms with Gasteiger partial charge in [-0.2, -0.15) is 0 Å². The molecule has 1 N–H and O–H groups in total. The molecule has 2 aliphatic rings. The number of hydrogen-bond acceptors (Lipinski definition) is 1. The van der Waals surface area contributed by atoms with Gasteiger partial charge in [0, 0.05) is 0 Å². The molecular weight excluding hydrogens is 174 g/mol. The van der Waals surface area contributed by atoms with Gasteiger partial charge in [-0.3, -0.25) is 4.79 Å². The fourth-order valence-corrected chi connectivity index (χ4v) is 3.09. The van der Waals surface area contributed by atoms with Crippen molar-refractivity contribution in [2.75, 3.05) is 0 Å². The zero-order valence-corrected chi connectivity index (χ0v) is 9.26. The van der Waals surface area contributed by atoms with E-state index < -0.39 is 0 Å². The molecule has 1 amide bonds. The molecule has 1 saturated heterocycles. The molecule has 1 aliphatic heterocycles. The van der Waals surface area contributed by atoms with Crippen LogP contribution in [0.4, 0.5) is 0 Å². The van der Waals surface area contributed by atoms with E-state index in [4.69, 9.17) is 0 Å². The van der Waals surface area contributed by atoms with Crippen LogP contribution in [0.25, 0.3) is 0 Å².